The van der Waals surface area contributed by atoms with Gasteiger partial charge in [0.1, 0.15) is 5.75 Å². The molecule has 0 saturated heterocycles. The van der Waals surface area contributed by atoms with Gasteiger partial charge in [-0.2, -0.15) is 0 Å². The smallest absolute Gasteiger partial charge is 0.122 e. The van der Waals surface area contributed by atoms with Crippen LogP contribution >= 0.6 is 0 Å². The Labute approximate surface area is 110 Å². The lowest BCUT2D eigenvalue weighted by molar-refractivity contribution is 0.311. The van der Waals surface area contributed by atoms with Crippen molar-refractivity contribution in [2.24, 2.45) is 5.92 Å². The maximum absolute atomic E-state index is 5.71. The third kappa shape index (κ3) is 2.69. The molecule has 0 amide bonds. The number of rotatable bonds is 4. The fourth-order valence-electron chi connectivity index (χ4n) is 3.25. The van der Waals surface area contributed by atoms with Crippen molar-refractivity contribution in [2.75, 3.05) is 19.7 Å². The molecule has 0 bridgehead atoms. The molecule has 98 valence electrons. The Morgan fingerprint density at radius 2 is 1.89 bits per heavy atom. The first-order chi connectivity index (χ1) is 8.93. The zero-order valence-corrected chi connectivity index (χ0v) is 11.0. The first-order valence-corrected chi connectivity index (χ1v) is 7.36. The average molecular weight is 245 g/mol. The van der Waals surface area contributed by atoms with E-state index in [0.717, 1.165) is 24.8 Å². The molecule has 1 unspecified atom stereocenters. The molecule has 1 N–H and O–H groups in total. The van der Waals surface area contributed by atoms with Crippen LogP contribution in [0, 0.1) is 5.92 Å². The standard InChI is InChI=1S/C16H23NO/c1-2-6-13(7-3-1)10-17-11-14-12-18-16-9-5-4-8-15(14)16/h4-5,8-9,13-14,17H,1-3,6-7,10-12H2. The lowest BCUT2D eigenvalue weighted by Crippen LogP contribution is -2.29. The second-order valence-electron chi connectivity index (χ2n) is 5.71. The minimum Gasteiger partial charge on any atom is -0.493 e. The third-order valence-electron chi connectivity index (χ3n) is 4.35. The summed E-state index contributed by atoms with van der Waals surface area (Å²) >= 11 is 0. The van der Waals surface area contributed by atoms with E-state index in [-0.39, 0.29) is 0 Å². The Morgan fingerprint density at radius 3 is 2.78 bits per heavy atom. The van der Waals surface area contributed by atoms with Gasteiger partial charge in [0.25, 0.3) is 0 Å². The zero-order valence-electron chi connectivity index (χ0n) is 11.0. The molecule has 3 rings (SSSR count). The summed E-state index contributed by atoms with van der Waals surface area (Å²) in [7, 11) is 0. The highest BCUT2D eigenvalue weighted by Gasteiger charge is 2.23. The second kappa shape index (κ2) is 5.75. The van der Waals surface area contributed by atoms with Gasteiger partial charge in [-0.1, -0.05) is 37.5 Å². The molecule has 1 heterocycles. The molecule has 2 aliphatic rings. The number of nitrogens with one attached hydrogen (secondary N) is 1. The van der Waals surface area contributed by atoms with Crippen LogP contribution in [0.3, 0.4) is 0 Å². The van der Waals surface area contributed by atoms with E-state index in [4.69, 9.17) is 4.74 Å². The van der Waals surface area contributed by atoms with E-state index in [1.165, 1.54) is 44.2 Å². The maximum Gasteiger partial charge on any atom is 0.122 e. The van der Waals surface area contributed by atoms with Crippen LogP contribution < -0.4 is 10.1 Å². The van der Waals surface area contributed by atoms with Gasteiger partial charge in [-0.25, -0.2) is 0 Å². The van der Waals surface area contributed by atoms with Gasteiger partial charge in [-0.3, -0.25) is 0 Å². The van der Waals surface area contributed by atoms with Crippen LogP contribution in [0.2, 0.25) is 0 Å². The number of benzene rings is 1. The van der Waals surface area contributed by atoms with Gasteiger partial charge < -0.3 is 10.1 Å². The number of hydrogen-bond acceptors (Lipinski definition) is 2. The molecule has 1 aliphatic heterocycles. The SMILES string of the molecule is c1ccc2c(c1)OCC2CNCC1CCCCC1. The largest absolute Gasteiger partial charge is 0.493 e. The van der Waals surface area contributed by atoms with Crippen LogP contribution in [0.1, 0.15) is 43.6 Å². The van der Waals surface area contributed by atoms with Crippen molar-refractivity contribution < 1.29 is 4.74 Å². The summed E-state index contributed by atoms with van der Waals surface area (Å²) in [6, 6.07) is 8.45. The molecule has 1 aromatic carbocycles. The lowest BCUT2D eigenvalue weighted by atomic mass is 9.89. The number of ether oxygens (including phenoxy) is 1. The number of fused-ring (bicyclic) bond motifs is 1. The van der Waals surface area contributed by atoms with E-state index in [2.05, 4.69) is 29.6 Å². The van der Waals surface area contributed by atoms with Crippen LogP contribution in [0.25, 0.3) is 0 Å². The predicted molar refractivity (Wildman–Crippen MR) is 74.1 cm³/mol. The van der Waals surface area contributed by atoms with Gasteiger partial charge in [0.2, 0.25) is 0 Å². The van der Waals surface area contributed by atoms with Crippen LogP contribution in [0.5, 0.6) is 5.75 Å². The second-order valence-corrected chi connectivity index (χ2v) is 5.71. The average Bonchev–Trinajstić information content (AvgIpc) is 2.84. The molecule has 0 spiro atoms. The lowest BCUT2D eigenvalue weighted by Gasteiger charge is -2.22. The molecule has 2 heteroatoms. The highest BCUT2D eigenvalue weighted by Crippen LogP contribution is 2.33. The topological polar surface area (TPSA) is 21.3 Å². The van der Waals surface area contributed by atoms with Crippen molar-refractivity contribution in [3.05, 3.63) is 29.8 Å². The van der Waals surface area contributed by atoms with Gasteiger partial charge in [-0.15, -0.1) is 0 Å². The predicted octanol–water partition coefficient (Wildman–Crippen LogP) is 3.33. The quantitative estimate of drug-likeness (QED) is 0.878. The molecule has 1 atom stereocenters. The number of hydrogen-bond donors (Lipinski definition) is 1. The van der Waals surface area contributed by atoms with Crippen LogP contribution in [0.15, 0.2) is 24.3 Å². The van der Waals surface area contributed by atoms with E-state index in [0.29, 0.717) is 5.92 Å². The minimum atomic E-state index is 0.546. The molecular formula is C16H23NO. The summed E-state index contributed by atoms with van der Waals surface area (Å²) in [6.07, 6.45) is 7.15. The molecule has 0 radical (unpaired) electrons. The van der Waals surface area contributed by atoms with Crippen molar-refractivity contribution in [3.63, 3.8) is 0 Å². The Hall–Kier alpha value is -1.02. The van der Waals surface area contributed by atoms with E-state index in [1.54, 1.807) is 0 Å². The summed E-state index contributed by atoms with van der Waals surface area (Å²) in [5, 5.41) is 3.66. The molecular weight excluding hydrogens is 222 g/mol. The fraction of sp³-hybridized carbons (Fsp3) is 0.625. The number of para-hydroxylation sites is 1. The monoisotopic (exact) mass is 245 g/mol. The molecule has 18 heavy (non-hydrogen) atoms. The van der Waals surface area contributed by atoms with Crippen molar-refractivity contribution in [3.8, 4) is 5.75 Å². The Balaban J connectivity index is 1.47. The van der Waals surface area contributed by atoms with Crippen molar-refractivity contribution in [2.45, 2.75) is 38.0 Å². The normalized spacial score (nSPS) is 23.7. The van der Waals surface area contributed by atoms with Crippen molar-refractivity contribution in [1.82, 2.24) is 5.32 Å². The van der Waals surface area contributed by atoms with Gasteiger partial charge >= 0.3 is 0 Å². The van der Waals surface area contributed by atoms with E-state index >= 15 is 0 Å². The zero-order chi connectivity index (χ0) is 12.2. The van der Waals surface area contributed by atoms with E-state index in [1.807, 2.05) is 0 Å². The molecule has 1 aliphatic carbocycles. The summed E-state index contributed by atoms with van der Waals surface area (Å²) in [5.74, 6) is 2.54. The third-order valence-corrected chi connectivity index (χ3v) is 4.35. The Morgan fingerprint density at radius 1 is 1.06 bits per heavy atom. The molecule has 0 aromatic heterocycles. The summed E-state index contributed by atoms with van der Waals surface area (Å²) < 4.78 is 5.71. The highest BCUT2D eigenvalue weighted by atomic mass is 16.5. The Bertz CT molecular complexity index is 384. The maximum atomic E-state index is 5.71. The van der Waals surface area contributed by atoms with E-state index < -0.39 is 0 Å². The first kappa shape index (κ1) is 12.0. The minimum absolute atomic E-state index is 0.546. The molecule has 1 fully saturated rings. The molecule has 1 aromatic rings. The summed E-state index contributed by atoms with van der Waals surface area (Å²) in [5.41, 5.74) is 1.38. The van der Waals surface area contributed by atoms with Crippen LogP contribution in [0.4, 0.5) is 0 Å². The van der Waals surface area contributed by atoms with Crippen molar-refractivity contribution in [1.29, 1.82) is 0 Å². The Kier molecular flexibility index (Phi) is 3.84. The summed E-state index contributed by atoms with van der Waals surface area (Å²) in [6.45, 7) is 3.10. The van der Waals surface area contributed by atoms with Gasteiger partial charge in [0, 0.05) is 18.0 Å². The highest BCUT2D eigenvalue weighted by molar-refractivity contribution is 5.39. The van der Waals surface area contributed by atoms with E-state index in [9.17, 15) is 0 Å². The molecule has 1 saturated carbocycles. The first-order valence-electron chi connectivity index (χ1n) is 7.36. The van der Waals surface area contributed by atoms with Crippen LogP contribution in [-0.2, 0) is 0 Å². The van der Waals surface area contributed by atoms with Gasteiger partial charge in [0.05, 0.1) is 6.61 Å². The van der Waals surface area contributed by atoms with Gasteiger partial charge in [-0.05, 0) is 31.4 Å². The van der Waals surface area contributed by atoms with Crippen molar-refractivity contribution >= 4 is 0 Å². The fourth-order valence-corrected chi connectivity index (χ4v) is 3.25. The van der Waals surface area contributed by atoms with Gasteiger partial charge in [0.15, 0.2) is 0 Å². The molecule has 2 nitrogen and oxygen atoms in total. The van der Waals surface area contributed by atoms with Crippen LogP contribution in [-0.4, -0.2) is 19.7 Å². The summed E-state index contributed by atoms with van der Waals surface area (Å²) in [4.78, 5) is 0.